The van der Waals surface area contributed by atoms with Gasteiger partial charge in [-0.25, -0.2) is 9.59 Å². The minimum atomic E-state index is -0.486. The van der Waals surface area contributed by atoms with Crippen molar-refractivity contribution in [2.24, 2.45) is 0 Å². The van der Waals surface area contributed by atoms with Crippen LogP contribution in [-0.2, 0) is 4.74 Å². The zero-order chi connectivity index (χ0) is 26.4. The molecule has 1 amide bonds. The maximum Gasteiger partial charge on any atom is 0.407 e. The number of nitrogens with zero attached hydrogens (tertiary/aromatic N) is 3. The molecule has 2 fully saturated rings. The summed E-state index contributed by atoms with van der Waals surface area (Å²) in [4.78, 5) is 28.0. The Morgan fingerprint density at radius 3 is 2.41 bits per heavy atom. The van der Waals surface area contributed by atoms with Gasteiger partial charge in [-0.15, -0.1) is 0 Å². The van der Waals surface area contributed by atoms with Crippen molar-refractivity contribution in [1.29, 1.82) is 0 Å². The molecule has 0 spiro atoms. The smallest absolute Gasteiger partial charge is 0.407 e. The topological polar surface area (TPSA) is 77.7 Å². The van der Waals surface area contributed by atoms with Crippen LogP contribution in [0.25, 0.3) is 5.69 Å². The second-order valence-electron chi connectivity index (χ2n) is 11.5. The highest BCUT2D eigenvalue weighted by atomic mass is 16.6. The molecule has 1 aromatic heterocycles. The second kappa shape index (κ2) is 12.2. The van der Waals surface area contributed by atoms with E-state index in [2.05, 4.69) is 17.1 Å². The van der Waals surface area contributed by atoms with E-state index in [1.54, 1.807) is 4.57 Å². The van der Waals surface area contributed by atoms with Crippen LogP contribution in [0.1, 0.15) is 85.1 Å². The van der Waals surface area contributed by atoms with Gasteiger partial charge >= 0.3 is 11.8 Å². The molecule has 0 radical (unpaired) electrons. The molecule has 1 atom stereocenters. The summed E-state index contributed by atoms with van der Waals surface area (Å²) in [5.74, 6) is 0.837. The summed E-state index contributed by atoms with van der Waals surface area (Å²) in [7, 11) is 0. The number of carbonyl (C=O) groups excluding carboxylic acids is 1. The fourth-order valence-electron chi connectivity index (χ4n) is 5.53. The minimum absolute atomic E-state index is 0.0164. The number of likely N-dealkylation sites (tertiary alicyclic amines) is 1. The molecule has 8 heteroatoms. The first-order valence-corrected chi connectivity index (χ1v) is 14.0. The molecule has 204 valence electrons. The van der Waals surface area contributed by atoms with Gasteiger partial charge in [0.25, 0.3) is 0 Å². The van der Waals surface area contributed by atoms with E-state index in [-0.39, 0.29) is 23.9 Å². The maximum absolute atomic E-state index is 13.2. The van der Waals surface area contributed by atoms with Crippen LogP contribution in [0.3, 0.4) is 0 Å². The number of aromatic nitrogens is 2. The molecule has 1 saturated heterocycles. The predicted molar refractivity (Wildman–Crippen MR) is 146 cm³/mol. The first-order valence-electron chi connectivity index (χ1n) is 14.0. The van der Waals surface area contributed by atoms with Crippen LogP contribution < -0.4 is 15.7 Å². The summed E-state index contributed by atoms with van der Waals surface area (Å²) < 4.78 is 14.8. The van der Waals surface area contributed by atoms with Crippen LogP contribution in [0, 0.1) is 0 Å². The average Bonchev–Trinajstić information content (AvgIpc) is 3.25. The van der Waals surface area contributed by atoms with Crippen LogP contribution in [-0.4, -0.2) is 57.5 Å². The Hall–Kier alpha value is -2.74. The number of amides is 1. The van der Waals surface area contributed by atoms with Crippen LogP contribution in [0.4, 0.5) is 4.79 Å². The fraction of sp³-hybridized carbons (Fsp3) is 0.655. The Balaban J connectivity index is 1.30. The summed E-state index contributed by atoms with van der Waals surface area (Å²) >= 11 is 0. The summed E-state index contributed by atoms with van der Waals surface area (Å²) in [5, 5.41) is 3.06. The Kier molecular flexibility index (Phi) is 9.00. The Morgan fingerprint density at radius 1 is 1.03 bits per heavy atom. The van der Waals surface area contributed by atoms with E-state index in [9.17, 15) is 9.59 Å². The Bertz CT molecular complexity index is 1060. The van der Waals surface area contributed by atoms with Crippen molar-refractivity contribution in [2.45, 2.75) is 103 Å². The van der Waals surface area contributed by atoms with Gasteiger partial charge in [0.05, 0.1) is 12.3 Å². The van der Waals surface area contributed by atoms with Gasteiger partial charge < -0.3 is 14.8 Å². The van der Waals surface area contributed by atoms with E-state index < -0.39 is 5.60 Å². The van der Waals surface area contributed by atoms with E-state index in [0.717, 1.165) is 75.9 Å². The molecule has 1 saturated carbocycles. The monoisotopic (exact) mass is 512 g/mol. The zero-order valence-corrected chi connectivity index (χ0v) is 22.9. The third-order valence-corrected chi connectivity index (χ3v) is 7.43. The summed E-state index contributed by atoms with van der Waals surface area (Å²) in [6.07, 6.45) is 11.8. The van der Waals surface area contributed by atoms with Gasteiger partial charge in [-0.05, 0) is 96.5 Å². The predicted octanol–water partition coefficient (Wildman–Crippen LogP) is 5.29. The van der Waals surface area contributed by atoms with Crippen molar-refractivity contribution in [2.75, 3.05) is 19.7 Å². The molecule has 1 aliphatic carbocycles. The van der Waals surface area contributed by atoms with Gasteiger partial charge in [0, 0.05) is 37.1 Å². The number of piperidine rings is 1. The molecule has 2 aliphatic rings. The lowest BCUT2D eigenvalue weighted by Crippen LogP contribution is -2.52. The highest BCUT2D eigenvalue weighted by Crippen LogP contribution is 2.32. The molecule has 1 aliphatic heterocycles. The molecule has 4 rings (SSSR count). The van der Waals surface area contributed by atoms with Crippen LogP contribution in [0.15, 0.2) is 41.5 Å². The summed E-state index contributed by atoms with van der Waals surface area (Å²) in [5.41, 5.74) is 0.389. The number of benzene rings is 1. The molecule has 1 N–H and O–H groups in total. The first-order chi connectivity index (χ1) is 17.7. The van der Waals surface area contributed by atoms with Gasteiger partial charge in [0.2, 0.25) is 0 Å². The molecule has 37 heavy (non-hydrogen) atoms. The van der Waals surface area contributed by atoms with Crippen molar-refractivity contribution < 1.29 is 14.3 Å². The molecular weight excluding hydrogens is 468 g/mol. The molecule has 2 heterocycles. The van der Waals surface area contributed by atoms with Gasteiger partial charge in [-0.1, -0.05) is 13.3 Å². The van der Waals surface area contributed by atoms with E-state index in [1.807, 2.05) is 62.0 Å². The summed E-state index contributed by atoms with van der Waals surface area (Å²) in [6.45, 7) is 10.5. The van der Waals surface area contributed by atoms with E-state index in [1.165, 1.54) is 0 Å². The van der Waals surface area contributed by atoms with Crippen molar-refractivity contribution in [1.82, 2.24) is 19.4 Å². The number of hydrogen-bond acceptors (Lipinski definition) is 5. The first kappa shape index (κ1) is 27.3. The lowest BCUT2D eigenvalue weighted by atomic mass is 9.88. The zero-order valence-electron chi connectivity index (χ0n) is 22.9. The van der Waals surface area contributed by atoms with E-state index >= 15 is 0 Å². The second-order valence-corrected chi connectivity index (χ2v) is 11.5. The number of unbranched alkanes of at least 4 members (excludes halogenated alkanes) is 1. The van der Waals surface area contributed by atoms with Gasteiger partial charge in [0.1, 0.15) is 11.4 Å². The quantitative estimate of drug-likeness (QED) is 0.486. The normalized spacial score (nSPS) is 23.0. The Labute approximate surface area is 220 Å². The lowest BCUT2D eigenvalue weighted by molar-refractivity contribution is 0.0435. The molecule has 2 aromatic rings. The van der Waals surface area contributed by atoms with Crippen molar-refractivity contribution in [3.8, 4) is 11.4 Å². The number of ether oxygens (including phenoxy) is 2. The molecular formula is C29H44N4O4. The number of alkyl carbamates (subject to hydrolysis) is 1. The van der Waals surface area contributed by atoms with Gasteiger partial charge in [-0.3, -0.25) is 14.0 Å². The van der Waals surface area contributed by atoms with Crippen molar-refractivity contribution >= 4 is 6.09 Å². The Morgan fingerprint density at radius 2 is 1.73 bits per heavy atom. The van der Waals surface area contributed by atoms with E-state index in [0.29, 0.717) is 12.6 Å². The van der Waals surface area contributed by atoms with Crippen molar-refractivity contribution in [3.63, 3.8) is 0 Å². The highest BCUT2D eigenvalue weighted by molar-refractivity contribution is 5.68. The third-order valence-electron chi connectivity index (χ3n) is 7.43. The number of nitrogens with one attached hydrogen (secondary N) is 1. The SMILES string of the molecule is CCCCOc1ccc(-n2ccn(C3CCC(N4CCC[C@@H](NC(=O)OC(C)(C)C)C4)CC3)c2=O)cc1. The van der Waals surface area contributed by atoms with Gasteiger partial charge in [-0.2, -0.15) is 0 Å². The summed E-state index contributed by atoms with van der Waals surface area (Å²) in [6, 6.07) is 8.61. The number of imidazole rings is 1. The number of rotatable bonds is 8. The number of hydrogen-bond donors (Lipinski definition) is 1. The molecule has 0 bridgehead atoms. The van der Waals surface area contributed by atoms with Crippen LogP contribution >= 0.6 is 0 Å². The largest absolute Gasteiger partial charge is 0.494 e. The molecule has 1 aromatic carbocycles. The average molecular weight is 513 g/mol. The standard InChI is InChI=1S/C29H44N4O4/c1-5-6-20-36-26-15-13-25(14-16-26)33-19-18-32(28(33)35)24-11-9-23(10-12-24)31-17-7-8-22(21-31)30-27(34)37-29(2,3)4/h13-16,18-19,22-24H,5-12,17,20-21H2,1-4H3,(H,30,34)/t22-,23?,24?/m1/s1. The number of carbonyl (C=O) groups is 1. The molecule has 0 unspecified atom stereocenters. The third kappa shape index (κ3) is 7.40. The molecule has 8 nitrogen and oxygen atoms in total. The minimum Gasteiger partial charge on any atom is -0.494 e. The lowest BCUT2D eigenvalue weighted by Gasteiger charge is -2.41. The van der Waals surface area contributed by atoms with Crippen LogP contribution in [0.2, 0.25) is 0 Å². The van der Waals surface area contributed by atoms with Crippen molar-refractivity contribution in [3.05, 3.63) is 47.1 Å². The fourth-order valence-corrected chi connectivity index (χ4v) is 5.53. The van der Waals surface area contributed by atoms with Gasteiger partial charge in [0.15, 0.2) is 0 Å². The maximum atomic E-state index is 13.2. The van der Waals surface area contributed by atoms with E-state index in [4.69, 9.17) is 9.47 Å². The van der Waals surface area contributed by atoms with Crippen LogP contribution in [0.5, 0.6) is 5.75 Å². The highest BCUT2D eigenvalue weighted by Gasteiger charge is 2.31.